The van der Waals surface area contributed by atoms with Gasteiger partial charge in [-0.05, 0) is 49.9 Å². The molecule has 5 nitrogen and oxygen atoms in total. The summed E-state index contributed by atoms with van der Waals surface area (Å²) in [6.07, 6.45) is 3.40. The van der Waals surface area contributed by atoms with Crippen LogP contribution in [0, 0.1) is 5.92 Å². The summed E-state index contributed by atoms with van der Waals surface area (Å²) in [6, 6.07) is 5.50. The Balaban J connectivity index is 2.63. The zero-order chi connectivity index (χ0) is 18.6. The first-order chi connectivity index (χ1) is 11.9. The maximum atomic E-state index is 12.4. The number of ether oxygens (including phenoxy) is 3. The van der Waals surface area contributed by atoms with Crippen LogP contribution in [0.25, 0.3) is 5.57 Å². The zero-order valence-electron chi connectivity index (χ0n) is 15.3. The monoisotopic (exact) mass is 344 g/mol. The summed E-state index contributed by atoms with van der Waals surface area (Å²) in [4.78, 5) is 24.1. The molecule has 0 bridgehead atoms. The predicted octanol–water partition coefficient (Wildman–Crippen LogP) is 3.67. The van der Waals surface area contributed by atoms with Crippen LogP contribution in [0.3, 0.4) is 0 Å². The van der Waals surface area contributed by atoms with E-state index < -0.39 is 11.9 Å². The Labute approximate surface area is 148 Å². The van der Waals surface area contributed by atoms with Crippen molar-refractivity contribution in [1.29, 1.82) is 0 Å². The molecule has 25 heavy (non-hydrogen) atoms. The summed E-state index contributed by atoms with van der Waals surface area (Å²) in [6.45, 7) is 5.36. The number of fused-ring (bicyclic) bond motifs is 1. The van der Waals surface area contributed by atoms with Gasteiger partial charge in [-0.3, -0.25) is 4.79 Å². The summed E-state index contributed by atoms with van der Waals surface area (Å²) in [5, 5.41) is 0. The first-order valence-electron chi connectivity index (χ1n) is 8.18. The van der Waals surface area contributed by atoms with Crippen molar-refractivity contribution in [2.75, 3.05) is 14.2 Å². The number of carbonyl (C=O) groups excluding carboxylic acids is 2. The third kappa shape index (κ3) is 4.29. The van der Waals surface area contributed by atoms with Crippen molar-refractivity contribution < 1.29 is 23.8 Å². The van der Waals surface area contributed by atoms with Gasteiger partial charge in [-0.25, -0.2) is 4.79 Å². The lowest BCUT2D eigenvalue weighted by molar-refractivity contribution is -0.138. The minimum Gasteiger partial charge on any atom is -0.497 e. The van der Waals surface area contributed by atoms with Crippen molar-refractivity contribution in [2.24, 2.45) is 5.92 Å². The van der Waals surface area contributed by atoms with Gasteiger partial charge in [-0.15, -0.1) is 0 Å². The average Bonchev–Trinajstić information content (AvgIpc) is 2.58. The Bertz CT molecular complexity index is 738. The van der Waals surface area contributed by atoms with E-state index in [1.807, 2.05) is 19.9 Å². The highest BCUT2D eigenvalue weighted by Gasteiger charge is 2.33. The Hall–Kier alpha value is -2.56. The number of benzene rings is 1. The molecule has 0 N–H and O–H groups in total. The molecule has 0 aliphatic heterocycles. The highest BCUT2D eigenvalue weighted by molar-refractivity contribution is 6.18. The van der Waals surface area contributed by atoms with Crippen molar-refractivity contribution in [3.63, 3.8) is 0 Å². The van der Waals surface area contributed by atoms with Crippen LogP contribution in [0.2, 0.25) is 0 Å². The Morgan fingerprint density at radius 1 is 1.20 bits per heavy atom. The fourth-order valence-electron chi connectivity index (χ4n) is 2.97. The zero-order valence-corrected chi connectivity index (χ0v) is 15.3. The molecule has 1 unspecified atom stereocenters. The van der Waals surface area contributed by atoms with Crippen LogP contribution in [0.5, 0.6) is 5.75 Å². The van der Waals surface area contributed by atoms with Gasteiger partial charge in [0.15, 0.2) is 0 Å². The molecule has 1 aliphatic rings. The number of carbonyl (C=O) groups is 2. The van der Waals surface area contributed by atoms with Crippen LogP contribution in [-0.4, -0.2) is 26.2 Å². The maximum Gasteiger partial charge on any atom is 0.341 e. The fourth-order valence-corrected chi connectivity index (χ4v) is 2.97. The fraction of sp³-hybridized carbons (Fsp3) is 0.400. The van der Waals surface area contributed by atoms with Crippen molar-refractivity contribution >= 4 is 17.5 Å². The first kappa shape index (κ1) is 18.8. The van der Waals surface area contributed by atoms with Crippen LogP contribution in [-0.2, 0) is 25.5 Å². The predicted molar refractivity (Wildman–Crippen MR) is 94.9 cm³/mol. The number of hydrogen-bond donors (Lipinski definition) is 0. The lowest BCUT2D eigenvalue weighted by Crippen LogP contribution is -2.23. The van der Waals surface area contributed by atoms with Gasteiger partial charge >= 0.3 is 11.9 Å². The van der Waals surface area contributed by atoms with Gasteiger partial charge in [-0.2, -0.15) is 0 Å². The average molecular weight is 344 g/mol. The van der Waals surface area contributed by atoms with E-state index in [4.69, 9.17) is 14.2 Å². The lowest BCUT2D eigenvalue weighted by Gasteiger charge is -2.28. The molecular weight excluding hydrogens is 320 g/mol. The summed E-state index contributed by atoms with van der Waals surface area (Å²) < 4.78 is 15.7. The molecule has 0 saturated carbocycles. The first-order valence-corrected chi connectivity index (χ1v) is 8.18. The molecular formula is C20H24O5. The summed E-state index contributed by atoms with van der Waals surface area (Å²) >= 11 is 0. The SMILES string of the molecule is COC(=O)C1=C(OC(C)=O)C(CC=C(C)C)Cc2cc(OC)ccc21. The van der Waals surface area contributed by atoms with E-state index in [1.54, 1.807) is 19.2 Å². The van der Waals surface area contributed by atoms with E-state index in [1.165, 1.54) is 19.6 Å². The third-order valence-electron chi connectivity index (χ3n) is 4.12. The molecule has 0 radical (unpaired) electrons. The second-order valence-electron chi connectivity index (χ2n) is 6.27. The summed E-state index contributed by atoms with van der Waals surface area (Å²) in [5.74, 6) is 0.0296. The lowest BCUT2D eigenvalue weighted by atomic mass is 9.81. The van der Waals surface area contributed by atoms with Crippen molar-refractivity contribution in [1.82, 2.24) is 0 Å². The molecule has 0 spiro atoms. The molecule has 2 rings (SSSR count). The smallest absolute Gasteiger partial charge is 0.341 e. The van der Waals surface area contributed by atoms with Crippen molar-refractivity contribution in [3.8, 4) is 5.75 Å². The molecule has 1 aliphatic carbocycles. The quantitative estimate of drug-likeness (QED) is 0.602. The Morgan fingerprint density at radius 2 is 1.92 bits per heavy atom. The van der Waals surface area contributed by atoms with Crippen LogP contribution in [0.15, 0.2) is 35.6 Å². The molecule has 5 heteroatoms. The van der Waals surface area contributed by atoms with Gasteiger partial charge in [0.25, 0.3) is 0 Å². The van der Waals surface area contributed by atoms with Crippen LogP contribution < -0.4 is 4.74 Å². The second kappa shape index (κ2) is 8.01. The van der Waals surface area contributed by atoms with Gasteiger partial charge in [0.2, 0.25) is 0 Å². The van der Waals surface area contributed by atoms with E-state index in [-0.39, 0.29) is 5.92 Å². The Kier molecular flexibility index (Phi) is 6.02. The second-order valence-corrected chi connectivity index (χ2v) is 6.27. The molecule has 0 saturated heterocycles. The van der Waals surface area contributed by atoms with Gasteiger partial charge in [0.1, 0.15) is 17.1 Å². The van der Waals surface area contributed by atoms with E-state index >= 15 is 0 Å². The number of hydrogen-bond acceptors (Lipinski definition) is 5. The normalized spacial score (nSPS) is 16.0. The number of esters is 2. The van der Waals surface area contributed by atoms with E-state index in [9.17, 15) is 9.59 Å². The Morgan fingerprint density at radius 3 is 2.48 bits per heavy atom. The van der Waals surface area contributed by atoms with Crippen LogP contribution >= 0.6 is 0 Å². The minimum absolute atomic E-state index is 0.118. The molecule has 1 aromatic rings. The largest absolute Gasteiger partial charge is 0.497 e. The van der Waals surface area contributed by atoms with Crippen molar-refractivity contribution in [2.45, 2.75) is 33.6 Å². The molecule has 1 atom stereocenters. The van der Waals surface area contributed by atoms with E-state index in [0.717, 1.165) is 16.9 Å². The molecule has 1 aromatic carbocycles. The number of allylic oxidation sites excluding steroid dienone is 3. The van der Waals surface area contributed by atoms with E-state index in [2.05, 4.69) is 6.08 Å². The number of rotatable bonds is 5. The van der Waals surface area contributed by atoms with Gasteiger partial charge in [-0.1, -0.05) is 17.7 Å². The minimum atomic E-state index is -0.510. The van der Waals surface area contributed by atoms with Crippen LogP contribution in [0.1, 0.15) is 38.3 Å². The van der Waals surface area contributed by atoms with Gasteiger partial charge < -0.3 is 14.2 Å². The molecule has 0 aromatic heterocycles. The highest BCUT2D eigenvalue weighted by atomic mass is 16.5. The van der Waals surface area contributed by atoms with Crippen molar-refractivity contribution in [3.05, 3.63) is 46.7 Å². The van der Waals surface area contributed by atoms with E-state index in [0.29, 0.717) is 24.2 Å². The molecule has 0 heterocycles. The maximum absolute atomic E-state index is 12.4. The number of methoxy groups -OCH3 is 2. The van der Waals surface area contributed by atoms with Gasteiger partial charge in [0.05, 0.1) is 14.2 Å². The topological polar surface area (TPSA) is 61.8 Å². The van der Waals surface area contributed by atoms with Crippen LogP contribution in [0.4, 0.5) is 0 Å². The molecule has 134 valence electrons. The summed E-state index contributed by atoms with van der Waals surface area (Å²) in [7, 11) is 2.93. The summed E-state index contributed by atoms with van der Waals surface area (Å²) in [5.41, 5.74) is 3.17. The van der Waals surface area contributed by atoms with Gasteiger partial charge in [0, 0.05) is 12.8 Å². The standard InChI is InChI=1S/C20H24O5/c1-12(2)6-7-14-10-15-11-16(23-4)8-9-17(15)18(20(22)24-5)19(14)25-13(3)21/h6,8-9,11,14H,7,10H2,1-5H3. The third-order valence-corrected chi connectivity index (χ3v) is 4.12. The highest BCUT2D eigenvalue weighted by Crippen LogP contribution is 2.39. The molecule has 0 amide bonds. The molecule has 0 fully saturated rings.